The zero-order chi connectivity index (χ0) is 39.3. The molecule has 0 unspecified atom stereocenters. The average Bonchev–Trinajstić information content (AvgIpc) is 3.57. The van der Waals surface area contributed by atoms with Crippen molar-refractivity contribution in [3.05, 3.63) is 65.4 Å². The summed E-state index contributed by atoms with van der Waals surface area (Å²) < 4.78 is 15.2. The van der Waals surface area contributed by atoms with Crippen molar-refractivity contribution >= 4 is 63.5 Å². The summed E-state index contributed by atoms with van der Waals surface area (Å²) in [5.41, 5.74) is 25.9. The molecule has 1 aliphatic heterocycles. The van der Waals surface area contributed by atoms with Crippen LogP contribution in [0.1, 0.15) is 61.8 Å². The van der Waals surface area contributed by atoms with Crippen molar-refractivity contribution in [1.29, 1.82) is 0 Å². The molecule has 0 atom stereocenters. The summed E-state index contributed by atoms with van der Waals surface area (Å²) in [7, 11) is 0. The molecule has 2 aromatic carbocycles. The van der Waals surface area contributed by atoms with Crippen LogP contribution in [0.5, 0.6) is 5.75 Å². The highest BCUT2D eigenvalue weighted by Gasteiger charge is 2.33. The molecular weight excluding hydrogens is 694 g/mol. The Kier molecular flexibility index (Phi) is 11.6. The Labute approximate surface area is 312 Å². The fourth-order valence-electron chi connectivity index (χ4n) is 5.91. The second kappa shape index (κ2) is 16.1. The van der Waals surface area contributed by atoms with Crippen molar-refractivity contribution < 1.29 is 28.7 Å². The van der Waals surface area contributed by atoms with Gasteiger partial charge in [-0.25, -0.2) is 14.8 Å². The number of benzene rings is 2. The van der Waals surface area contributed by atoms with Crippen molar-refractivity contribution in [3.8, 4) is 5.75 Å². The molecule has 9 N–H and O–H groups in total. The number of nitrogen functional groups attached to an aromatic ring is 1. The van der Waals surface area contributed by atoms with Crippen LogP contribution in [0.4, 0.5) is 16.7 Å². The maximum Gasteiger partial charge on any atom is 0.410 e. The Morgan fingerprint density at radius 2 is 1.63 bits per heavy atom. The maximum absolute atomic E-state index is 13.2. The van der Waals surface area contributed by atoms with Crippen molar-refractivity contribution in [2.75, 3.05) is 37.3 Å². The lowest BCUT2D eigenvalue weighted by atomic mass is 9.97. The van der Waals surface area contributed by atoms with Crippen LogP contribution in [0.15, 0.2) is 59.2 Å². The van der Waals surface area contributed by atoms with Gasteiger partial charge < -0.3 is 46.4 Å². The molecule has 54 heavy (non-hydrogen) atoms. The number of hydrogen-bond acceptors (Lipinski definition) is 11. The Morgan fingerprint density at radius 1 is 0.963 bits per heavy atom. The summed E-state index contributed by atoms with van der Waals surface area (Å²) in [5, 5.41) is 2.82. The number of fused-ring (bicyclic) bond motifs is 2. The van der Waals surface area contributed by atoms with Crippen molar-refractivity contribution in [2.24, 2.45) is 28.1 Å². The van der Waals surface area contributed by atoms with Crippen LogP contribution in [0.3, 0.4) is 0 Å². The highest BCUT2D eigenvalue weighted by atomic mass is 16.6. The lowest BCUT2D eigenvalue weighted by Gasteiger charge is -2.39. The molecule has 3 heterocycles. The van der Waals surface area contributed by atoms with Crippen molar-refractivity contribution in [3.63, 3.8) is 0 Å². The van der Waals surface area contributed by atoms with Gasteiger partial charge in [-0.1, -0.05) is 12.2 Å². The lowest BCUT2D eigenvalue weighted by Crippen LogP contribution is -2.51. The number of hydrogen-bond donors (Lipinski definition) is 5. The first-order valence-corrected chi connectivity index (χ1v) is 17.5. The highest BCUT2D eigenvalue weighted by Crippen LogP contribution is 2.31. The minimum absolute atomic E-state index is 0.139. The van der Waals surface area contributed by atoms with E-state index in [0.717, 1.165) is 0 Å². The van der Waals surface area contributed by atoms with E-state index < -0.39 is 23.3 Å². The Morgan fingerprint density at radius 3 is 2.26 bits per heavy atom. The van der Waals surface area contributed by atoms with Gasteiger partial charge in [-0.2, -0.15) is 0 Å². The predicted molar refractivity (Wildman–Crippen MR) is 206 cm³/mol. The Bertz CT molecular complexity index is 2180. The van der Waals surface area contributed by atoms with Gasteiger partial charge in [0, 0.05) is 49.5 Å². The first kappa shape index (κ1) is 38.8. The molecular formula is C37H47N11O6. The molecule has 4 amide bonds. The van der Waals surface area contributed by atoms with E-state index in [1.54, 1.807) is 58.2 Å². The second-order valence-corrected chi connectivity index (χ2v) is 14.0. The predicted octanol–water partition coefficient (Wildman–Crippen LogP) is 3.32. The minimum Gasteiger partial charge on any atom is -0.491 e. The monoisotopic (exact) mass is 741 g/mol. The van der Waals surface area contributed by atoms with Gasteiger partial charge in [0.1, 0.15) is 22.6 Å². The first-order valence-electron chi connectivity index (χ1n) is 17.5. The van der Waals surface area contributed by atoms with E-state index in [9.17, 15) is 19.2 Å². The molecule has 0 radical (unpaired) electrons. The van der Waals surface area contributed by atoms with Gasteiger partial charge in [0.15, 0.2) is 0 Å². The van der Waals surface area contributed by atoms with Crippen LogP contribution in [-0.4, -0.2) is 85.4 Å². The third kappa shape index (κ3) is 9.15. The number of nitrogens with two attached hydrogens (primary N) is 4. The van der Waals surface area contributed by atoms with E-state index >= 15 is 0 Å². The fourth-order valence-corrected chi connectivity index (χ4v) is 5.91. The van der Waals surface area contributed by atoms with Gasteiger partial charge in [-0.05, 0) is 83.4 Å². The van der Waals surface area contributed by atoms with Gasteiger partial charge in [-0.15, -0.1) is 0 Å². The van der Waals surface area contributed by atoms with Crippen molar-refractivity contribution in [1.82, 2.24) is 24.0 Å². The summed E-state index contributed by atoms with van der Waals surface area (Å²) in [6, 6.07) is 7.99. The molecule has 0 saturated carbocycles. The number of allylic oxidation sites excluding steroid dienone is 3. The molecule has 286 valence electrons. The fraction of sp³-hybridized carbons (Fsp3) is 0.378. The normalized spacial score (nSPS) is 14.1. The first-order chi connectivity index (χ1) is 25.5. The molecule has 1 saturated heterocycles. The Hall–Kier alpha value is -6.39. The standard InChI is InChI=1S/C37H47N11O6/c1-6-42-27(15-21(2)38)33(51)45-35-44-25-16-23(31(39)49)9-10-28(25)47(35)12-7-8-13-48-30-26(43-34(48)41)17-24(32(40)50)18-29(30)53-14-11-22-19-46(20-22)36(52)54-37(3,4)5/h7-10,15-18,22H,6,11-14,19-20,38H2,1-5H3,(H2,39,49)(H2,40,50)(H2,41,43)(H,44,45,51)/b8-7+,21-15-,42-27?. The number of carbonyl (C=O) groups excluding carboxylic acids is 4. The molecule has 17 heteroatoms. The lowest BCUT2D eigenvalue weighted by molar-refractivity contribution is -0.110. The molecule has 17 nitrogen and oxygen atoms in total. The zero-order valence-corrected chi connectivity index (χ0v) is 31.1. The van der Waals surface area contributed by atoms with Crippen LogP contribution in [-0.2, 0) is 22.6 Å². The number of anilines is 2. The number of imidazole rings is 2. The van der Waals surface area contributed by atoms with E-state index in [4.69, 9.17) is 32.4 Å². The number of ether oxygens (including phenoxy) is 2. The molecule has 0 aliphatic carbocycles. The van der Waals surface area contributed by atoms with Gasteiger partial charge in [0.25, 0.3) is 5.91 Å². The zero-order valence-electron chi connectivity index (χ0n) is 31.1. The summed E-state index contributed by atoms with van der Waals surface area (Å²) in [5.74, 6) is -0.715. The van der Waals surface area contributed by atoms with Crippen LogP contribution < -0.4 is 33.0 Å². The van der Waals surface area contributed by atoms with Crippen LogP contribution >= 0.6 is 0 Å². The third-order valence-electron chi connectivity index (χ3n) is 8.44. The molecule has 1 fully saturated rings. The number of nitrogens with one attached hydrogen (secondary N) is 1. The maximum atomic E-state index is 13.2. The number of primary amides is 2. The molecule has 0 bridgehead atoms. The molecule has 1 aliphatic rings. The minimum atomic E-state index is -0.637. The summed E-state index contributed by atoms with van der Waals surface area (Å²) in [6.07, 6.45) is 5.53. The number of aliphatic imine (C=N–C) groups is 1. The van der Waals surface area contributed by atoms with E-state index in [2.05, 4.69) is 20.3 Å². The smallest absolute Gasteiger partial charge is 0.410 e. The molecule has 0 spiro atoms. The number of nitrogens with zero attached hydrogens (tertiary/aromatic N) is 6. The van der Waals surface area contributed by atoms with E-state index in [0.29, 0.717) is 66.2 Å². The van der Waals surface area contributed by atoms with Gasteiger partial charge >= 0.3 is 6.09 Å². The van der Waals surface area contributed by atoms with E-state index in [1.807, 2.05) is 32.9 Å². The number of amides is 4. The van der Waals surface area contributed by atoms with Gasteiger partial charge in [0.2, 0.25) is 23.7 Å². The number of carbonyl (C=O) groups is 4. The topological polar surface area (TPSA) is 254 Å². The average molecular weight is 742 g/mol. The third-order valence-corrected chi connectivity index (χ3v) is 8.44. The Balaban J connectivity index is 1.35. The molecule has 2 aromatic heterocycles. The summed E-state index contributed by atoms with van der Waals surface area (Å²) in [4.78, 5) is 64.6. The van der Waals surface area contributed by atoms with Crippen LogP contribution in [0, 0.1) is 5.92 Å². The van der Waals surface area contributed by atoms with E-state index in [-0.39, 0.29) is 53.8 Å². The van der Waals surface area contributed by atoms with Gasteiger partial charge in [0.05, 0.1) is 23.2 Å². The highest BCUT2D eigenvalue weighted by molar-refractivity contribution is 6.47. The number of rotatable bonds is 14. The molecule has 4 aromatic rings. The largest absolute Gasteiger partial charge is 0.491 e. The molecule has 5 rings (SSSR count). The number of likely N-dealkylation sites (tertiary alicyclic amines) is 1. The summed E-state index contributed by atoms with van der Waals surface area (Å²) >= 11 is 0. The number of aromatic nitrogens is 4. The quantitative estimate of drug-likeness (QED) is 0.0931. The van der Waals surface area contributed by atoms with Crippen LogP contribution in [0.2, 0.25) is 0 Å². The van der Waals surface area contributed by atoms with E-state index in [1.165, 1.54) is 6.08 Å². The summed E-state index contributed by atoms with van der Waals surface area (Å²) in [6.45, 7) is 11.3. The second-order valence-electron chi connectivity index (χ2n) is 14.0. The van der Waals surface area contributed by atoms with Crippen molar-refractivity contribution in [2.45, 2.75) is 59.7 Å². The SMILES string of the molecule is CCN=C(/C=C(/C)N)C(=O)Nc1nc2cc(C(N)=O)ccc2n1C/C=C/Cn1c(N)nc2cc(C(N)=O)cc(OCCC3CN(C(=O)OC(C)(C)C)C3)c21. The van der Waals surface area contributed by atoms with Crippen LogP contribution in [0.25, 0.3) is 22.1 Å². The van der Waals surface area contributed by atoms with Gasteiger partial charge in [-0.3, -0.25) is 24.7 Å².